The highest BCUT2D eigenvalue weighted by atomic mass is 79.9. The summed E-state index contributed by atoms with van der Waals surface area (Å²) in [5.41, 5.74) is 2.45. The number of nitrogens with zero attached hydrogens (tertiary/aromatic N) is 1. The van der Waals surface area contributed by atoms with E-state index >= 15 is 0 Å². The molecule has 0 aliphatic heterocycles. The number of hydrogen-bond donors (Lipinski definition) is 2. The molecule has 0 radical (unpaired) electrons. The number of thiophene rings is 1. The van der Waals surface area contributed by atoms with E-state index in [2.05, 4.69) is 26.2 Å². The van der Waals surface area contributed by atoms with E-state index in [-0.39, 0.29) is 17.7 Å². The van der Waals surface area contributed by atoms with Gasteiger partial charge in [-0.3, -0.25) is 4.79 Å². The number of nitrogens with one attached hydrogen (secondary N) is 1. The van der Waals surface area contributed by atoms with Crippen molar-refractivity contribution in [3.05, 3.63) is 38.2 Å². The molecule has 1 fully saturated rings. The van der Waals surface area contributed by atoms with Gasteiger partial charge < -0.3 is 15.2 Å². The van der Waals surface area contributed by atoms with Crippen molar-refractivity contribution in [3.8, 4) is 11.5 Å². The summed E-state index contributed by atoms with van der Waals surface area (Å²) in [6.45, 7) is 0. The van der Waals surface area contributed by atoms with Crippen LogP contribution >= 0.6 is 27.3 Å². The fraction of sp³-hybridized carbons (Fsp3) is 0.478. The van der Waals surface area contributed by atoms with Gasteiger partial charge in [-0.05, 0) is 56.2 Å². The summed E-state index contributed by atoms with van der Waals surface area (Å²) in [5, 5.41) is 14.4. The van der Waals surface area contributed by atoms with Gasteiger partial charge in [0.15, 0.2) is 11.5 Å². The minimum atomic E-state index is 0.00416. The topological polar surface area (TPSA) is 70.9 Å². The van der Waals surface area contributed by atoms with Crippen molar-refractivity contribution in [1.29, 1.82) is 0 Å². The number of carbonyl (C=O) groups excluding carboxylic acids is 1. The molecular weight excluding hydrogens is 464 g/mol. The molecule has 1 saturated carbocycles. The normalized spacial score (nSPS) is 17.1. The number of aliphatic imine (C=N–C) groups is 1. The van der Waals surface area contributed by atoms with Gasteiger partial charge in [-0.1, -0.05) is 35.2 Å². The van der Waals surface area contributed by atoms with Crippen LogP contribution in [0, 0.1) is 0 Å². The highest BCUT2D eigenvalue weighted by Crippen LogP contribution is 2.40. The maximum Gasteiger partial charge on any atom is 0.254 e. The van der Waals surface area contributed by atoms with Crippen LogP contribution in [0.25, 0.3) is 0 Å². The first-order valence-electron chi connectivity index (χ1n) is 10.6. The van der Waals surface area contributed by atoms with Crippen LogP contribution in [0.4, 0.5) is 5.00 Å². The van der Waals surface area contributed by atoms with E-state index in [4.69, 9.17) is 4.74 Å². The second kappa shape index (κ2) is 9.52. The van der Waals surface area contributed by atoms with Crippen LogP contribution in [0.3, 0.4) is 0 Å². The molecule has 0 saturated heterocycles. The molecule has 0 unspecified atom stereocenters. The third kappa shape index (κ3) is 4.57. The summed E-state index contributed by atoms with van der Waals surface area (Å²) in [5.74, 6) is 0.426. The summed E-state index contributed by atoms with van der Waals surface area (Å²) in [6, 6.07) is 3.76. The average Bonchev–Trinajstić information content (AvgIpc) is 3.13. The second-order valence-corrected chi connectivity index (χ2v) is 10.0. The van der Waals surface area contributed by atoms with Gasteiger partial charge in [-0.25, -0.2) is 4.99 Å². The molecule has 2 aromatic rings. The van der Waals surface area contributed by atoms with Crippen LogP contribution in [-0.4, -0.2) is 30.4 Å². The highest BCUT2D eigenvalue weighted by Gasteiger charge is 2.27. The molecule has 2 N–H and O–H groups in total. The monoisotopic (exact) mass is 490 g/mol. The van der Waals surface area contributed by atoms with E-state index in [9.17, 15) is 9.90 Å². The largest absolute Gasteiger partial charge is 0.504 e. The molecule has 1 aromatic heterocycles. The van der Waals surface area contributed by atoms with Crippen molar-refractivity contribution in [3.63, 3.8) is 0 Å². The van der Waals surface area contributed by atoms with Crippen molar-refractivity contribution in [1.82, 2.24) is 5.32 Å². The molecule has 4 rings (SSSR count). The van der Waals surface area contributed by atoms with Crippen molar-refractivity contribution in [2.75, 3.05) is 7.11 Å². The summed E-state index contributed by atoms with van der Waals surface area (Å²) in [6.07, 6.45) is 11.6. The Morgan fingerprint density at radius 3 is 2.77 bits per heavy atom. The third-order valence-electron chi connectivity index (χ3n) is 5.93. The number of amides is 1. The van der Waals surface area contributed by atoms with Gasteiger partial charge in [0.1, 0.15) is 5.00 Å². The number of phenolic OH excluding ortho intramolecular Hbond substituents is 1. The Hall–Kier alpha value is -1.86. The van der Waals surface area contributed by atoms with Gasteiger partial charge in [-0.2, -0.15) is 0 Å². The van der Waals surface area contributed by atoms with Crippen LogP contribution < -0.4 is 10.1 Å². The standard InChI is InChI=1S/C23H27BrN2O3S/c1-29-18-12-15(24)11-14(21(18)27)13-25-23-20(17-9-5-6-10-19(17)30-23)22(28)26-16-7-3-2-4-8-16/h11-13,16,27H,2-10H2,1H3,(H,26,28). The van der Waals surface area contributed by atoms with E-state index in [1.165, 1.54) is 36.8 Å². The first-order valence-corrected chi connectivity index (χ1v) is 12.2. The molecule has 7 heteroatoms. The quantitative estimate of drug-likeness (QED) is 0.511. The number of ether oxygens (including phenoxy) is 1. The lowest BCUT2D eigenvalue weighted by Crippen LogP contribution is -2.36. The summed E-state index contributed by atoms with van der Waals surface area (Å²) in [4.78, 5) is 19.2. The number of aryl methyl sites for hydroxylation is 1. The molecule has 0 atom stereocenters. The second-order valence-electron chi connectivity index (χ2n) is 8.00. The Kier molecular flexibility index (Phi) is 6.78. The van der Waals surface area contributed by atoms with Crippen LogP contribution in [0.5, 0.6) is 11.5 Å². The zero-order valence-corrected chi connectivity index (χ0v) is 19.6. The third-order valence-corrected chi connectivity index (χ3v) is 7.59. The van der Waals surface area contributed by atoms with E-state index < -0.39 is 0 Å². The first-order chi connectivity index (χ1) is 14.6. The number of aromatic hydroxyl groups is 1. The molecule has 2 aliphatic carbocycles. The van der Waals surface area contributed by atoms with Gasteiger partial charge in [0, 0.05) is 27.2 Å². The summed E-state index contributed by atoms with van der Waals surface area (Å²) >= 11 is 5.05. The Morgan fingerprint density at radius 1 is 1.23 bits per heavy atom. The smallest absolute Gasteiger partial charge is 0.254 e. The summed E-state index contributed by atoms with van der Waals surface area (Å²) in [7, 11) is 1.52. The zero-order valence-electron chi connectivity index (χ0n) is 17.2. The fourth-order valence-corrected chi connectivity index (χ4v) is 6.04. The lowest BCUT2D eigenvalue weighted by atomic mass is 9.93. The number of phenols is 1. The number of hydrogen-bond acceptors (Lipinski definition) is 5. The van der Waals surface area contributed by atoms with Gasteiger partial charge in [0.2, 0.25) is 0 Å². The lowest BCUT2D eigenvalue weighted by Gasteiger charge is -2.23. The van der Waals surface area contributed by atoms with Crippen molar-refractivity contribution >= 4 is 44.4 Å². The molecule has 5 nitrogen and oxygen atoms in total. The number of halogens is 1. The molecule has 30 heavy (non-hydrogen) atoms. The Labute approximate surface area is 189 Å². The Bertz CT molecular complexity index is 964. The van der Waals surface area contributed by atoms with Crippen LogP contribution in [0.1, 0.15) is 71.3 Å². The molecule has 160 valence electrons. The van der Waals surface area contributed by atoms with Gasteiger partial charge in [0.25, 0.3) is 5.91 Å². The predicted molar refractivity (Wildman–Crippen MR) is 125 cm³/mol. The van der Waals surface area contributed by atoms with Crippen molar-refractivity contribution < 1.29 is 14.6 Å². The van der Waals surface area contributed by atoms with Gasteiger partial charge in [0.05, 0.1) is 12.7 Å². The minimum absolute atomic E-state index is 0.00416. The molecular formula is C23H27BrN2O3S. The van der Waals surface area contributed by atoms with Crippen LogP contribution in [-0.2, 0) is 12.8 Å². The van der Waals surface area contributed by atoms with E-state index in [0.29, 0.717) is 11.3 Å². The maximum atomic E-state index is 13.2. The van der Waals surface area contributed by atoms with Gasteiger partial charge >= 0.3 is 0 Å². The van der Waals surface area contributed by atoms with Crippen molar-refractivity contribution in [2.45, 2.75) is 63.8 Å². The summed E-state index contributed by atoms with van der Waals surface area (Å²) < 4.78 is 6.02. The number of fused-ring (bicyclic) bond motifs is 1. The van der Waals surface area contributed by atoms with E-state index in [1.54, 1.807) is 29.7 Å². The van der Waals surface area contributed by atoms with E-state index in [1.807, 2.05) is 0 Å². The lowest BCUT2D eigenvalue weighted by molar-refractivity contribution is 0.0927. The molecule has 1 aromatic carbocycles. The molecule has 2 aliphatic rings. The first kappa shape index (κ1) is 21.4. The SMILES string of the molecule is COc1cc(Br)cc(C=Nc2sc3c(c2C(=O)NC2CCCCC2)CCCC3)c1O. The average molecular weight is 491 g/mol. The Balaban J connectivity index is 1.66. The Morgan fingerprint density at radius 2 is 2.00 bits per heavy atom. The number of methoxy groups -OCH3 is 1. The number of benzene rings is 1. The highest BCUT2D eigenvalue weighted by molar-refractivity contribution is 9.10. The fourth-order valence-electron chi connectivity index (χ4n) is 4.36. The van der Waals surface area contributed by atoms with Crippen LogP contribution in [0.2, 0.25) is 0 Å². The zero-order chi connectivity index (χ0) is 21.1. The van der Waals surface area contributed by atoms with Crippen molar-refractivity contribution in [2.24, 2.45) is 4.99 Å². The minimum Gasteiger partial charge on any atom is -0.504 e. The number of carbonyl (C=O) groups is 1. The predicted octanol–water partition coefficient (Wildman–Crippen LogP) is 5.92. The molecule has 0 spiro atoms. The molecule has 0 bridgehead atoms. The number of rotatable bonds is 5. The van der Waals surface area contributed by atoms with Gasteiger partial charge in [-0.15, -0.1) is 11.3 Å². The molecule has 1 amide bonds. The van der Waals surface area contributed by atoms with Crippen LogP contribution in [0.15, 0.2) is 21.6 Å². The van der Waals surface area contributed by atoms with E-state index in [0.717, 1.165) is 53.6 Å². The maximum absolute atomic E-state index is 13.2. The molecule has 1 heterocycles.